The zero-order chi connectivity index (χ0) is 21.1. The molecule has 4 rings (SSSR count). The molecule has 0 saturated carbocycles. The number of carbonyl (C=O) groups excluding carboxylic acids is 1. The number of benzene rings is 2. The van der Waals surface area contributed by atoms with E-state index >= 15 is 0 Å². The van der Waals surface area contributed by atoms with E-state index in [1.807, 2.05) is 22.8 Å². The zero-order valence-corrected chi connectivity index (χ0v) is 17.7. The summed E-state index contributed by atoms with van der Waals surface area (Å²) in [6.07, 6.45) is 1.61. The fourth-order valence-electron chi connectivity index (χ4n) is 3.07. The summed E-state index contributed by atoms with van der Waals surface area (Å²) < 4.78 is 26.7. The van der Waals surface area contributed by atoms with Gasteiger partial charge in [0, 0.05) is 10.8 Å². The molecule has 0 amide bonds. The van der Waals surface area contributed by atoms with Crippen LogP contribution in [0.25, 0.3) is 11.0 Å². The smallest absolute Gasteiger partial charge is 0.338 e. The van der Waals surface area contributed by atoms with Crippen LogP contribution in [0.2, 0.25) is 5.02 Å². The van der Waals surface area contributed by atoms with Crippen molar-refractivity contribution in [2.45, 2.75) is 24.4 Å². The molecule has 2 heterocycles. The minimum absolute atomic E-state index is 0.302. The van der Waals surface area contributed by atoms with Gasteiger partial charge in [-0.25, -0.2) is 14.2 Å². The molecule has 0 N–H and O–H groups in total. The van der Waals surface area contributed by atoms with Crippen molar-refractivity contribution in [3.63, 3.8) is 0 Å². The van der Waals surface area contributed by atoms with E-state index in [0.29, 0.717) is 45.7 Å². The molecule has 0 fully saturated rings. The Kier molecular flexibility index (Phi) is 6.11. The van der Waals surface area contributed by atoms with Gasteiger partial charge in [0.05, 0.1) is 36.0 Å². The second-order valence-electron chi connectivity index (χ2n) is 6.51. The highest BCUT2D eigenvalue weighted by Gasteiger charge is 2.16. The number of hydrogen-bond donors (Lipinski definition) is 0. The first-order valence-electron chi connectivity index (χ1n) is 9.31. The summed E-state index contributed by atoms with van der Waals surface area (Å²) in [4.78, 5) is 16.8. The van der Waals surface area contributed by atoms with E-state index in [0.717, 1.165) is 11.3 Å². The molecule has 2 aromatic heterocycles. The Morgan fingerprint density at radius 2 is 2.13 bits per heavy atom. The van der Waals surface area contributed by atoms with Crippen molar-refractivity contribution in [2.75, 3.05) is 6.61 Å². The van der Waals surface area contributed by atoms with Crippen molar-refractivity contribution in [3.8, 4) is 0 Å². The summed E-state index contributed by atoms with van der Waals surface area (Å²) in [7, 11) is 0. The molecule has 0 aliphatic carbocycles. The molecule has 0 radical (unpaired) electrons. The summed E-state index contributed by atoms with van der Waals surface area (Å²) in [5.41, 5.74) is 2.43. The molecular weight excluding hydrogens is 427 g/mol. The number of hydrogen-bond acceptors (Lipinski definition) is 5. The van der Waals surface area contributed by atoms with Crippen LogP contribution < -0.4 is 0 Å². The molecule has 2 aromatic carbocycles. The highest BCUT2D eigenvalue weighted by molar-refractivity contribution is 7.98. The first kappa shape index (κ1) is 20.5. The number of ether oxygens (including phenoxy) is 1. The molecule has 0 atom stereocenters. The monoisotopic (exact) mass is 444 g/mol. The fraction of sp³-hybridized carbons (Fsp3) is 0.182. The Morgan fingerprint density at radius 1 is 1.27 bits per heavy atom. The van der Waals surface area contributed by atoms with E-state index in [2.05, 4.69) is 4.98 Å². The topological polar surface area (TPSA) is 57.3 Å². The van der Waals surface area contributed by atoms with E-state index < -0.39 is 5.97 Å². The number of aromatic nitrogens is 2. The fourth-order valence-corrected chi connectivity index (χ4v) is 4.25. The largest absolute Gasteiger partial charge is 0.467 e. The second kappa shape index (κ2) is 8.93. The Hall–Kier alpha value is -2.77. The van der Waals surface area contributed by atoms with E-state index in [1.165, 1.54) is 23.9 Å². The van der Waals surface area contributed by atoms with E-state index in [1.54, 1.807) is 31.4 Å². The molecule has 0 aliphatic rings. The second-order valence-corrected chi connectivity index (χ2v) is 7.89. The molecule has 0 spiro atoms. The standard InChI is InChI=1S/C22H18ClFN2O3S/c1-2-28-21(27)14-5-8-20-19(11-14)25-22(26(20)12-17-4-3-9-29-17)30-13-15-10-16(23)6-7-18(15)24/h3-11H,2,12-13H2,1H3. The van der Waals surface area contributed by atoms with Gasteiger partial charge in [-0.2, -0.15) is 0 Å². The van der Waals surface area contributed by atoms with Crippen LogP contribution in [0.15, 0.2) is 64.4 Å². The lowest BCUT2D eigenvalue weighted by atomic mass is 10.2. The van der Waals surface area contributed by atoms with Crippen LogP contribution in [0, 0.1) is 5.82 Å². The Morgan fingerprint density at radius 3 is 2.90 bits per heavy atom. The third-order valence-corrected chi connectivity index (χ3v) is 5.74. The van der Waals surface area contributed by atoms with Crippen LogP contribution in [0.1, 0.15) is 28.6 Å². The van der Waals surface area contributed by atoms with Crippen LogP contribution in [0.5, 0.6) is 0 Å². The first-order valence-corrected chi connectivity index (χ1v) is 10.7. The van der Waals surface area contributed by atoms with Crippen molar-refractivity contribution in [2.24, 2.45) is 0 Å². The van der Waals surface area contributed by atoms with Crippen LogP contribution in [-0.2, 0) is 17.0 Å². The molecule has 8 heteroatoms. The van der Waals surface area contributed by atoms with Gasteiger partial charge in [0.2, 0.25) is 0 Å². The molecule has 4 aromatic rings. The molecular formula is C22H18ClFN2O3S. The number of thioether (sulfide) groups is 1. The molecule has 30 heavy (non-hydrogen) atoms. The SMILES string of the molecule is CCOC(=O)c1ccc2c(c1)nc(SCc1cc(Cl)ccc1F)n2Cc1ccco1. The van der Waals surface area contributed by atoms with Crippen molar-refractivity contribution < 1.29 is 18.3 Å². The highest BCUT2D eigenvalue weighted by atomic mass is 35.5. The van der Waals surface area contributed by atoms with Crippen LogP contribution >= 0.6 is 23.4 Å². The lowest BCUT2D eigenvalue weighted by molar-refractivity contribution is 0.0526. The molecule has 5 nitrogen and oxygen atoms in total. The summed E-state index contributed by atoms with van der Waals surface area (Å²) in [6, 6.07) is 13.4. The zero-order valence-electron chi connectivity index (χ0n) is 16.1. The lowest BCUT2D eigenvalue weighted by Crippen LogP contribution is -2.04. The minimum Gasteiger partial charge on any atom is -0.467 e. The van der Waals surface area contributed by atoms with E-state index in [9.17, 15) is 9.18 Å². The normalized spacial score (nSPS) is 11.2. The predicted molar refractivity (Wildman–Crippen MR) is 114 cm³/mol. The minimum atomic E-state index is -0.393. The van der Waals surface area contributed by atoms with Crippen LogP contribution in [0.4, 0.5) is 4.39 Å². The van der Waals surface area contributed by atoms with Crippen molar-refractivity contribution in [3.05, 3.63) is 82.5 Å². The maximum absolute atomic E-state index is 14.1. The number of fused-ring (bicyclic) bond motifs is 1. The maximum atomic E-state index is 14.1. The summed E-state index contributed by atoms with van der Waals surface area (Å²) >= 11 is 7.40. The number of carbonyl (C=O) groups is 1. The van der Waals surface area contributed by atoms with E-state index in [-0.39, 0.29) is 5.82 Å². The summed E-state index contributed by atoms with van der Waals surface area (Å²) in [5, 5.41) is 1.16. The van der Waals surface area contributed by atoms with Gasteiger partial charge in [0.25, 0.3) is 0 Å². The van der Waals surface area contributed by atoms with E-state index in [4.69, 9.17) is 20.8 Å². The van der Waals surface area contributed by atoms with Gasteiger partial charge in [-0.05, 0) is 61.0 Å². The highest BCUT2D eigenvalue weighted by Crippen LogP contribution is 2.30. The van der Waals surface area contributed by atoms with Gasteiger partial charge in [-0.3, -0.25) is 0 Å². The predicted octanol–water partition coefficient (Wildman–Crippen LogP) is 5.94. The van der Waals surface area contributed by atoms with Crippen molar-refractivity contribution in [1.29, 1.82) is 0 Å². The molecule has 0 bridgehead atoms. The van der Waals surface area contributed by atoms with Crippen LogP contribution in [-0.4, -0.2) is 22.1 Å². The lowest BCUT2D eigenvalue weighted by Gasteiger charge is -2.08. The molecule has 0 unspecified atom stereocenters. The van der Waals surface area contributed by atoms with Gasteiger partial charge < -0.3 is 13.7 Å². The Bertz CT molecular complexity index is 1190. The first-order chi connectivity index (χ1) is 14.5. The number of furan rings is 1. The van der Waals surface area contributed by atoms with Gasteiger partial charge in [-0.1, -0.05) is 23.4 Å². The van der Waals surface area contributed by atoms with Gasteiger partial charge in [-0.15, -0.1) is 0 Å². The van der Waals surface area contributed by atoms with Crippen LogP contribution in [0.3, 0.4) is 0 Å². The Balaban J connectivity index is 1.70. The van der Waals surface area contributed by atoms with Gasteiger partial charge in [0.1, 0.15) is 11.6 Å². The summed E-state index contributed by atoms with van der Waals surface area (Å²) in [5.74, 6) is 0.415. The van der Waals surface area contributed by atoms with Crippen molar-refractivity contribution in [1.82, 2.24) is 9.55 Å². The quantitative estimate of drug-likeness (QED) is 0.261. The van der Waals surface area contributed by atoms with Gasteiger partial charge in [0.15, 0.2) is 5.16 Å². The maximum Gasteiger partial charge on any atom is 0.338 e. The third-order valence-electron chi connectivity index (χ3n) is 4.48. The summed E-state index contributed by atoms with van der Waals surface area (Å²) in [6.45, 7) is 2.52. The average Bonchev–Trinajstić information content (AvgIpc) is 3.37. The molecule has 0 aliphatic heterocycles. The van der Waals surface area contributed by atoms with Gasteiger partial charge >= 0.3 is 5.97 Å². The number of esters is 1. The number of rotatable bonds is 7. The number of nitrogens with zero attached hydrogens (tertiary/aromatic N) is 2. The number of halogens is 2. The molecule has 0 saturated heterocycles. The Labute approximate surface area is 181 Å². The van der Waals surface area contributed by atoms with Crippen molar-refractivity contribution >= 4 is 40.4 Å². The molecule has 154 valence electrons. The average molecular weight is 445 g/mol. The number of imidazole rings is 1. The third kappa shape index (κ3) is 4.37.